The number of carboxylic acids is 1. The first-order valence-corrected chi connectivity index (χ1v) is 5.30. The van der Waals surface area contributed by atoms with Gasteiger partial charge in [-0.3, -0.25) is 4.79 Å². The molecule has 1 aromatic carbocycles. The average molecular weight is 203 g/mol. The summed E-state index contributed by atoms with van der Waals surface area (Å²) in [5.41, 5.74) is 1.22. The fraction of sp³-hybridized carbons (Fsp3) is 0.417. The van der Waals surface area contributed by atoms with E-state index in [9.17, 15) is 4.79 Å². The minimum atomic E-state index is -0.613. The van der Waals surface area contributed by atoms with Crippen LogP contribution in [0.15, 0.2) is 30.3 Å². The van der Waals surface area contributed by atoms with Crippen LogP contribution in [-0.4, -0.2) is 24.2 Å². The number of hydrogen-bond donors (Lipinski definition) is 1. The third-order valence-electron chi connectivity index (χ3n) is 3.60. The van der Waals surface area contributed by atoms with Gasteiger partial charge in [0.15, 0.2) is 0 Å². The van der Waals surface area contributed by atoms with Gasteiger partial charge in [-0.15, -0.1) is 0 Å². The maximum absolute atomic E-state index is 10.8. The minimum Gasteiger partial charge on any atom is -0.481 e. The number of anilines is 1. The van der Waals surface area contributed by atoms with E-state index in [4.69, 9.17) is 5.11 Å². The largest absolute Gasteiger partial charge is 0.481 e. The van der Waals surface area contributed by atoms with Gasteiger partial charge in [-0.2, -0.15) is 0 Å². The van der Waals surface area contributed by atoms with Gasteiger partial charge in [0.1, 0.15) is 0 Å². The van der Waals surface area contributed by atoms with Gasteiger partial charge in [0.05, 0.1) is 5.92 Å². The third kappa shape index (κ3) is 1.30. The summed E-state index contributed by atoms with van der Waals surface area (Å²) in [6, 6.07) is 10.2. The van der Waals surface area contributed by atoms with Crippen molar-refractivity contribution in [2.75, 3.05) is 18.0 Å². The zero-order valence-electron chi connectivity index (χ0n) is 8.34. The SMILES string of the molecule is O=C(O)[C@@H]1[C@@H]2CN(c3ccccc3)C[C@@H]21. The lowest BCUT2D eigenvalue weighted by Gasteiger charge is -2.21. The van der Waals surface area contributed by atoms with Crippen LogP contribution < -0.4 is 4.90 Å². The molecule has 1 N–H and O–H groups in total. The average Bonchev–Trinajstić information content (AvgIpc) is 2.77. The Balaban J connectivity index is 1.70. The van der Waals surface area contributed by atoms with Crippen molar-refractivity contribution in [1.29, 1.82) is 0 Å². The van der Waals surface area contributed by atoms with E-state index in [0.717, 1.165) is 13.1 Å². The van der Waals surface area contributed by atoms with Crippen molar-refractivity contribution >= 4 is 11.7 Å². The van der Waals surface area contributed by atoms with Crippen molar-refractivity contribution in [3.63, 3.8) is 0 Å². The van der Waals surface area contributed by atoms with E-state index in [-0.39, 0.29) is 5.92 Å². The number of hydrogen-bond acceptors (Lipinski definition) is 2. The zero-order chi connectivity index (χ0) is 10.4. The van der Waals surface area contributed by atoms with Crippen LogP contribution in [0.4, 0.5) is 5.69 Å². The Kier molecular flexibility index (Phi) is 1.75. The van der Waals surface area contributed by atoms with E-state index in [0.29, 0.717) is 11.8 Å². The molecule has 3 nitrogen and oxygen atoms in total. The highest BCUT2D eigenvalue weighted by Gasteiger charge is 2.59. The fourth-order valence-corrected chi connectivity index (χ4v) is 2.74. The molecule has 15 heavy (non-hydrogen) atoms. The summed E-state index contributed by atoms with van der Waals surface area (Å²) >= 11 is 0. The Bertz CT molecular complexity index is 378. The molecule has 1 saturated heterocycles. The number of benzene rings is 1. The van der Waals surface area contributed by atoms with Crippen LogP contribution >= 0.6 is 0 Å². The molecule has 0 amide bonds. The Labute approximate surface area is 88.3 Å². The highest BCUT2D eigenvalue weighted by atomic mass is 16.4. The first kappa shape index (κ1) is 8.77. The van der Waals surface area contributed by atoms with E-state index in [1.54, 1.807) is 0 Å². The molecule has 2 aliphatic rings. The Morgan fingerprint density at radius 3 is 2.33 bits per heavy atom. The van der Waals surface area contributed by atoms with Crippen molar-refractivity contribution < 1.29 is 9.90 Å². The second-order valence-electron chi connectivity index (χ2n) is 4.43. The first-order chi connectivity index (χ1) is 7.27. The minimum absolute atomic E-state index is 0.0648. The van der Waals surface area contributed by atoms with E-state index < -0.39 is 5.97 Å². The smallest absolute Gasteiger partial charge is 0.307 e. The second-order valence-corrected chi connectivity index (χ2v) is 4.43. The second kappa shape index (κ2) is 2.99. The van der Waals surface area contributed by atoms with Crippen LogP contribution in [0.1, 0.15) is 0 Å². The number of fused-ring (bicyclic) bond motifs is 1. The van der Waals surface area contributed by atoms with E-state index in [1.807, 2.05) is 18.2 Å². The number of rotatable bonds is 2. The number of aliphatic carboxylic acids is 1. The maximum atomic E-state index is 10.8. The molecule has 2 fully saturated rings. The standard InChI is InChI=1S/C12H13NO2/c14-12(15)11-9-6-13(7-10(9)11)8-4-2-1-3-5-8/h1-5,9-11H,6-7H2,(H,14,15)/t9-,10+,11-. The lowest BCUT2D eigenvalue weighted by molar-refractivity contribution is -0.139. The topological polar surface area (TPSA) is 40.5 Å². The molecule has 3 atom stereocenters. The lowest BCUT2D eigenvalue weighted by atomic mass is 10.2. The fourth-order valence-electron chi connectivity index (χ4n) is 2.74. The molecule has 0 radical (unpaired) electrons. The van der Waals surface area contributed by atoms with Crippen molar-refractivity contribution in [3.8, 4) is 0 Å². The molecule has 1 saturated carbocycles. The summed E-state index contributed by atoms with van der Waals surface area (Å²) in [6.07, 6.45) is 0. The van der Waals surface area contributed by atoms with E-state index in [2.05, 4.69) is 17.0 Å². The van der Waals surface area contributed by atoms with Gasteiger partial charge >= 0.3 is 5.97 Å². The van der Waals surface area contributed by atoms with Crippen LogP contribution in [0, 0.1) is 17.8 Å². The number of carboxylic acid groups (broad SMARTS) is 1. The molecule has 1 heterocycles. The molecule has 1 aliphatic carbocycles. The number of carbonyl (C=O) groups is 1. The molecule has 0 bridgehead atoms. The molecule has 1 aliphatic heterocycles. The predicted octanol–water partition coefficient (Wildman–Crippen LogP) is 1.45. The van der Waals surface area contributed by atoms with Crippen molar-refractivity contribution in [3.05, 3.63) is 30.3 Å². The lowest BCUT2D eigenvalue weighted by Crippen LogP contribution is -2.25. The molecular formula is C12H13NO2. The van der Waals surface area contributed by atoms with Crippen LogP contribution in [0.3, 0.4) is 0 Å². The van der Waals surface area contributed by atoms with Gasteiger partial charge in [-0.1, -0.05) is 18.2 Å². The van der Waals surface area contributed by atoms with Gasteiger partial charge in [0.2, 0.25) is 0 Å². The van der Waals surface area contributed by atoms with Gasteiger partial charge < -0.3 is 10.0 Å². The van der Waals surface area contributed by atoms with E-state index in [1.165, 1.54) is 5.69 Å². The van der Waals surface area contributed by atoms with Crippen molar-refractivity contribution in [2.24, 2.45) is 17.8 Å². The van der Waals surface area contributed by atoms with Crippen LogP contribution in [-0.2, 0) is 4.79 Å². The van der Waals surface area contributed by atoms with Crippen LogP contribution in [0.5, 0.6) is 0 Å². The van der Waals surface area contributed by atoms with Crippen LogP contribution in [0.25, 0.3) is 0 Å². The molecule has 0 aromatic heterocycles. The summed E-state index contributed by atoms with van der Waals surface area (Å²) in [5, 5.41) is 8.90. The predicted molar refractivity (Wildman–Crippen MR) is 56.8 cm³/mol. The molecule has 3 heteroatoms. The highest BCUT2D eigenvalue weighted by Crippen LogP contribution is 2.52. The zero-order valence-corrected chi connectivity index (χ0v) is 8.34. The first-order valence-electron chi connectivity index (χ1n) is 5.30. The van der Waals surface area contributed by atoms with Crippen molar-refractivity contribution in [2.45, 2.75) is 0 Å². The third-order valence-corrected chi connectivity index (χ3v) is 3.60. The normalized spacial score (nSPS) is 32.5. The van der Waals surface area contributed by atoms with Crippen molar-refractivity contribution in [1.82, 2.24) is 0 Å². The highest BCUT2D eigenvalue weighted by molar-refractivity contribution is 5.75. The summed E-state index contributed by atoms with van der Waals surface area (Å²) in [6.45, 7) is 1.82. The maximum Gasteiger partial charge on any atom is 0.307 e. The van der Waals surface area contributed by atoms with Crippen LogP contribution in [0.2, 0.25) is 0 Å². The molecule has 0 spiro atoms. The van der Waals surface area contributed by atoms with Gasteiger partial charge in [-0.05, 0) is 24.0 Å². The van der Waals surface area contributed by atoms with Gasteiger partial charge in [-0.25, -0.2) is 0 Å². The summed E-state index contributed by atoms with van der Waals surface area (Å²) in [4.78, 5) is 13.1. The Morgan fingerprint density at radius 1 is 1.20 bits per heavy atom. The molecule has 0 unspecified atom stereocenters. The quantitative estimate of drug-likeness (QED) is 0.791. The molecule has 3 rings (SSSR count). The summed E-state index contributed by atoms with van der Waals surface area (Å²) in [7, 11) is 0. The Morgan fingerprint density at radius 2 is 1.80 bits per heavy atom. The summed E-state index contributed by atoms with van der Waals surface area (Å²) < 4.78 is 0. The number of para-hydroxylation sites is 1. The summed E-state index contributed by atoms with van der Waals surface area (Å²) in [5.74, 6) is 0.105. The number of nitrogens with zero attached hydrogens (tertiary/aromatic N) is 1. The molecule has 78 valence electrons. The number of piperidine rings is 1. The van der Waals surface area contributed by atoms with Gasteiger partial charge in [0, 0.05) is 18.8 Å². The Hall–Kier alpha value is -1.51. The van der Waals surface area contributed by atoms with E-state index >= 15 is 0 Å². The van der Waals surface area contributed by atoms with Gasteiger partial charge in [0.25, 0.3) is 0 Å². The molecular weight excluding hydrogens is 190 g/mol. The molecule has 1 aromatic rings. The monoisotopic (exact) mass is 203 g/mol.